The van der Waals surface area contributed by atoms with E-state index < -0.39 is 0 Å². The van der Waals surface area contributed by atoms with Gasteiger partial charge >= 0.3 is 0 Å². The maximum atomic E-state index is 13.9. The topological polar surface area (TPSA) is 58.0 Å². The average Bonchev–Trinajstić information content (AvgIpc) is 2.55. The van der Waals surface area contributed by atoms with Gasteiger partial charge in [-0.25, -0.2) is 24.3 Å². The Morgan fingerprint density at radius 2 is 2.00 bits per heavy atom. The Bertz CT molecular complexity index is 632. The standard InChI is InChI=1S/C15H19FN6/c1-11-6-18-15(19-7-11)21(2)12-4-3-5-22(9-12)14-13(16)8-17-10-20-14/h6-8,10,12H,3-5,9H2,1-2H3. The molecule has 2 aromatic rings. The van der Waals surface area contributed by atoms with Crippen molar-refractivity contribution in [1.82, 2.24) is 19.9 Å². The highest BCUT2D eigenvalue weighted by molar-refractivity contribution is 5.41. The number of piperidine rings is 1. The monoisotopic (exact) mass is 302 g/mol. The van der Waals surface area contributed by atoms with Crippen molar-refractivity contribution in [3.05, 3.63) is 36.3 Å². The van der Waals surface area contributed by atoms with E-state index in [1.54, 1.807) is 0 Å². The van der Waals surface area contributed by atoms with Crippen LogP contribution >= 0.6 is 0 Å². The van der Waals surface area contributed by atoms with Gasteiger partial charge in [-0.2, -0.15) is 0 Å². The summed E-state index contributed by atoms with van der Waals surface area (Å²) >= 11 is 0. The number of hydrogen-bond donors (Lipinski definition) is 0. The molecular weight excluding hydrogens is 283 g/mol. The van der Waals surface area contributed by atoms with Gasteiger partial charge in [-0.05, 0) is 25.3 Å². The van der Waals surface area contributed by atoms with E-state index in [1.165, 1.54) is 12.5 Å². The zero-order valence-electron chi connectivity index (χ0n) is 12.8. The molecule has 0 spiro atoms. The van der Waals surface area contributed by atoms with E-state index in [-0.39, 0.29) is 11.9 Å². The largest absolute Gasteiger partial charge is 0.352 e. The molecule has 1 aliphatic rings. The van der Waals surface area contributed by atoms with Gasteiger partial charge in [0, 0.05) is 38.6 Å². The first kappa shape index (κ1) is 14.6. The average molecular weight is 302 g/mol. The van der Waals surface area contributed by atoms with Gasteiger partial charge in [-0.3, -0.25) is 0 Å². The third-order valence-corrected chi connectivity index (χ3v) is 3.97. The lowest BCUT2D eigenvalue weighted by molar-refractivity contribution is 0.473. The van der Waals surface area contributed by atoms with Crippen LogP contribution in [0.2, 0.25) is 0 Å². The molecule has 1 unspecified atom stereocenters. The van der Waals surface area contributed by atoms with Crippen molar-refractivity contribution in [2.45, 2.75) is 25.8 Å². The maximum absolute atomic E-state index is 13.9. The molecule has 3 heterocycles. The Kier molecular flexibility index (Phi) is 4.13. The van der Waals surface area contributed by atoms with Gasteiger partial charge in [-0.15, -0.1) is 0 Å². The molecule has 7 heteroatoms. The van der Waals surface area contributed by atoms with Crippen LogP contribution in [0.5, 0.6) is 0 Å². The summed E-state index contributed by atoms with van der Waals surface area (Å²) in [5, 5.41) is 0. The maximum Gasteiger partial charge on any atom is 0.225 e. The lowest BCUT2D eigenvalue weighted by Gasteiger charge is -2.38. The number of likely N-dealkylation sites (N-methyl/N-ethyl adjacent to an activating group) is 1. The van der Waals surface area contributed by atoms with Crippen LogP contribution in [0.25, 0.3) is 0 Å². The second-order valence-electron chi connectivity index (χ2n) is 5.61. The van der Waals surface area contributed by atoms with Crippen molar-refractivity contribution in [3.63, 3.8) is 0 Å². The highest BCUT2D eigenvalue weighted by atomic mass is 19.1. The van der Waals surface area contributed by atoms with E-state index >= 15 is 0 Å². The minimum atomic E-state index is -0.377. The fraction of sp³-hybridized carbons (Fsp3) is 0.467. The van der Waals surface area contributed by atoms with Crippen molar-refractivity contribution in [2.24, 2.45) is 0 Å². The lowest BCUT2D eigenvalue weighted by Crippen LogP contribution is -2.47. The van der Waals surface area contributed by atoms with Crippen LogP contribution in [0.1, 0.15) is 18.4 Å². The molecule has 0 radical (unpaired) electrons. The molecule has 0 saturated carbocycles. The summed E-state index contributed by atoms with van der Waals surface area (Å²) in [6, 6.07) is 0.228. The smallest absolute Gasteiger partial charge is 0.225 e. The summed E-state index contributed by atoms with van der Waals surface area (Å²) in [6.07, 6.45) is 8.21. The van der Waals surface area contributed by atoms with Gasteiger partial charge in [-0.1, -0.05) is 0 Å². The fourth-order valence-electron chi connectivity index (χ4n) is 2.73. The Hall–Kier alpha value is -2.31. The minimum absolute atomic E-state index is 0.228. The molecule has 0 bridgehead atoms. The first-order valence-electron chi connectivity index (χ1n) is 7.37. The summed E-state index contributed by atoms with van der Waals surface area (Å²) in [7, 11) is 1.98. The molecule has 0 aliphatic carbocycles. The first-order chi connectivity index (χ1) is 10.6. The molecule has 0 aromatic carbocycles. The van der Waals surface area contributed by atoms with Crippen LogP contribution in [-0.2, 0) is 0 Å². The first-order valence-corrected chi connectivity index (χ1v) is 7.37. The second kappa shape index (κ2) is 6.21. The van der Waals surface area contributed by atoms with E-state index in [1.807, 2.05) is 31.3 Å². The van der Waals surface area contributed by atoms with Gasteiger partial charge in [0.15, 0.2) is 11.6 Å². The number of aromatic nitrogens is 4. The Labute approximate surface area is 129 Å². The summed E-state index contributed by atoms with van der Waals surface area (Å²) < 4.78 is 13.9. The van der Waals surface area contributed by atoms with E-state index in [4.69, 9.17) is 0 Å². The van der Waals surface area contributed by atoms with Crippen LogP contribution in [0, 0.1) is 12.7 Å². The van der Waals surface area contributed by atoms with Gasteiger partial charge in [0.05, 0.1) is 6.20 Å². The summed E-state index contributed by atoms with van der Waals surface area (Å²) in [6.45, 7) is 3.46. The molecule has 6 nitrogen and oxygen atoms in total. The molecule has 3 rings (SSSR count). The zero-order valence-corrected chi connectivity index (χ0v) is 12.8. The molecule has 116 valence electrons. The Balaban J connectivity index is 1.75. The zero-order chi connectivity index (χ0) is 15.5. The molecule has 0 N–H and O–H groups in total. The molecule has 1 fully saturated rings. The van der Waals surface area contributed by atoms with Gasteiger partial charge in [0.2, 0.25) is 5.95 Å². The third-order valence-electron chi connectivity index (χ3n) is 3.97. The number of nitrogens with zero attached hydrogens (tertiary/aromatic N) is 6. The second-order valence-corrected chi connectivity index (χ2v) is 5.61. The number of halogens is 1. The van der Waals surface area contributed by atoms with E-state index in [2.05, 4.69) is 24.8 Å². The quantitative estimate of drug-likeness (QED) is 0.862. The molecule has 0 amide bonds. The predicted molar refractivity (Wildman–Crippen MR) is 82.4 cm³/mol. The van der Waals surface area contributed by atoms with Crippen molar-refractivity contribution in [2.75, 3.05) is 29.9 Å². The van der Waals surface area contributed by atoms with Crippen LogP contribution in [0.3, 0.4) is 0 Å². The van der Waals surface area contributed by atoms with Gasteiger partial charge < -0.3 is 9.80 Å². The number of aryl methyl sites for hydroxylation is 1. The molecule has 1 saturated heterocycles. The highest BCUT2D eigenvalue weighted by Gasteiger charge is 2.26. The molecular formula is C15H19FN6. The van der Waals surface area contributed by atoms with E-state index in [0.29, 0.717) is 18.3 Å². The number of hydrogen-bond acceptors (Lipinski definition) is 6. The normalized spacial score (nSPS) is 18.3. The summed E-state index contributed by atoms with van der Waals surface area (Å²) in [5.41, 5.74) is 1.03. The van der Waals surface area contributed by atoms with Crippen molar-refractivity contribution in [1.29, 1.82) is 0 Å². The number of anilines is 2. The van der Waals surface area contributed by atoms with Crippen molar-refractivity contribution in [3.8, 4) is 0 Å². The fourth-order valence-corrected chi connectivity index (χ4v) is 2.73. The van der Waals surface area contributed by atoms with Crippen molar-refractivity contribution < 1.29 is 4.39 Å². The molecule has 22 heavy (non-hydrogen) atoms. The molecule has 1 atom stereocenters. The Morgan fingerprint density at radius 3 is 2.73 bits per heavy atom. The van der Waals surface area contributed by atoms with Crippen LogP contribution < -0.4 is 9.80 Å². The number of rotatable bonds is 3. The summed E-state index contributed by atoms with van der Waals surface area (Å²) in [5.74, 6) is 0.691. The Morgan fingerprint density at radius 1 is 1.23 bits per heavy atom. The predicted octanol–water partition coefficient (Wildman–Crippen LogP) is 1.82. The minimum Gasteiger partial charge on any atom is -0.352 e. The van der Waals surface area contributed by atoms with E-state index in [9.17, 15) is 4.39 Å². The van der Waals surface area contributed by atoms with Gasteiger partial charge in [0.1, 0.15) is 6.33 Å². The summed E-state index contributed by atoms with van der Waals surface area (Å²) in [4.78, 5) is 20.5. The molecule has 1 aliphatic heterocycles. The third kappa shape index (κ3) is 2.98. The van der Waals surface area contributed by atoms with Crippen LogP contribution in [0.4, 0.5) is 16.2 Å². The lowest BCUT2D eigenvalue weighted by atomic mass is 10.0. The van der Waals surface area contributed by atoms with Crippen molar-refractivity contribution >= 4 is 11.8 Å². The highest BCUT2D eigenvalue weighted by Crippen LogP contribution is 2.23. The van der Waals surface area contributed by atoms with Crippen LogP contribution in [-0.4, -0.2) is 46.1 Å². The van der Waals surface area contributed by atoms with Crippen LogP contribution in [0.15, 0.2) is 24.9 Å². The SMILES string of the molecule is Cc1cnc(N(C)C2CCCN(c3ncncc3F)C2)nc1. The van der Waals surface area contributed by atoms with Gasteiger partial charge in [0.25, 0.3) is 0 Å². The molecule has 2 aromatic heterocycles. The van der Waals surface area contributed by atoms with E-state index in [0.717, 1.165) is 24.9 Å².